The van der Waals surface area contributed by atoms with Crippen LogP contribution in [-0.2, 0) is 4.79 Å². The van der Waals surface area contributed by atoms with Gasteiger partial charge in [-0.3, -0.25) is 19.6 Å². The van der Waals surface area contributed by atoms with Gasteiger partial charge >= 0.3 is 5.69 Å². The fraction of sp³-hybridized carbons (Fsp3) is 0.231. The molecule has 0 bridgehead atoms. The molecule has 1 atom stereocenters. The minimum atomic E-state index is -0.635. The van der Waals surface area contributed by atoms with Crippen molar-refractivity contribution in [3.63, 3.8) is 0 Å². The van der Waals surface area contributed by atoms with Gasteiger partial charge in [-0.1, -0.05) is 12.1 Å². The zero-order valence-corrected chi connectivity index (χ0v) is 11.1. The van der Waals surface area contributed by atoms with Crippen molar-refractivity contribution in [2.24, 2.45) is 0 Å². The first-order valence-corrected chi connectivity index (χ1v) is 6.03. The maximum atomic E-state index is 12.1. The Hall–Kier alpha value is -2.70. The third kappa shape index (κ3) is 3.00. The van der Waals surface area contributed by atoms with Gasteiger partial charge in [-0.2, -0.15) is 5.10 Å². The number of nitro groups is 1. The number of hydrogen-bond acceptors (Lipinski definition) is 4. The van der Waals surface area contributed by atoms with E-state index in [4.69, 9.17) is 0 Å². The van der Waals surface area contributed by atoms with Gasteiger partial charge in [0.1, 0.15) is 18.4 Å². The third-order valence-electron chi connectivity index (χ3n) is 2.86. The molecule has 0 saturated heterocycles. The Bertz CT molecular complexity index is 651. The molecular weight excluding hydrogens is 260 g/mol. The van der Waals surface area contributed by atoms with Crippen LogP contribution in [0.4, 0.5) is 11.4 Å². The lowest BCUT2D eigenvalue weighted by Crippen LogP contribution is -2.24. The SMILES string of the molecule is Cc1cccc(NC(=O)[C@@H](C)n2cc([N+](=O)[O-])cn2)c1. The molecule has 20 heavy (non-hydrogen) atoms. The van der Waals surface area contributed by atoms with Gasteiger partial charge in [-0.05, 0) is 31.5 Å². The fourth-order valence-corrected chi connectivity index (χ4v) is 1.72. The van der Waals surface area contributed by atoms with Crippen molar-refractivity contribution in [1.82, 2.24) is 9.78 Å². The molecule has 7 heteroatoms. The summed E-state index contributed by atoms with van der Waals surface area (Å²) >= 11 is 0. The van der Waals surface area contributed by atoms with Crippen molar-refractivity contribution in [2.45, 2.75) is 19.9 Å². The summed E-state index contributed by atoms with van der Waals surface area (Å²) in [6, 6.07) is 6.76. The molecule has 0 fully saturated rings. The molecule has 2 rings (SSSR count). The molecule has 104 valence electrons. The van der Waals surface area contributed by atoms with Crippen LogP contribution in [0.15, 0.2) is 36.7 Å². The second-order valence-corrected chi connectivity index (χ2v) is 4.47. The Morgan fingerprint density at radius 3 is 2.85 bits per heavy atom. The zero-order valence-electron chi connectivity index (χ0n) is 11.1. The molecule has 7 nitrogen and oxygen atoms in total. The molecule has 0 saturated carbocycles. The molecule has 1 aromatic heterocycles. The number of aryl methyl sites for hydroxylation is 1. The Balaban J connectivity index is 2.10. The van der Waals surface area contributed by atoms with Gasteiger partial charge in [-0.25, -0.2) is 0 Å². The highest BCUT2D eigenvalue weighted by Crippen LogP contribution is 2.16. The van der Waals surface area contributed by atoms with E-state index in [1.165, 1.54) is 10.9 Å². The maximum absolute atomic E-state index is 12.1. The predicted octanol–water partition coefficient (Wildman–Crippen LogP) is 2.30. The van der Waals surface area contributed by atoms with Crippen LogP contribution >= 0.6 is 0 Å². The average Bonchev–Trinajstić information content (AvgIpc) is 2.87. The highest BCUT2D eigenvalue weighted by Gasteiger charge is 2.19. The molecule has 0 spiro atoms. The molecule has 0 unspecified atom stereocenters. The molecule has 0 aliphatic carbocycles. The predicted molar refractivity (Wildman–Crippen MR) is 73.4 cm³/mol. The monoisotopic (exact) mass is 274 g/mol. The topological polar surface area (TPSA) is 90.1 Å². The van der Waals surface area contributed by atoms with E-state index in [1.54, 1.807) is 13.0 Å². The van der Waals surface area contributed by atoms with E-state index < -0.39 is 11.0 Å². The standard InChI is InChI=1S/C13H14N4O3/c1-9-4-3-5-11(6-9)15-13(18)10(2)16-8-12(7-14-16)17(19)20/h3-8,10H,1-2H3,(H,15,18)/t10-/m1/s1. The summed E-state index contributed by atoms with van der Waals surface area (Å²) in [6.07, 6.45) is 2.36. The van der Waals surface area contributed by atoms with E-state index in [0.717, 1.165) is 11.8 Å². The molecule has 2 aromatic rings. The van der Waals surface area contributed by atoms with Crippen LogP contribution < -0.4 is 5.32 Å². The van der Waals surface area contributed by atoms with Crippen molar-refractivity contribution in [3.05, 3.63) is 52.3 Å². The normalized spacial score (nSPS) is 11.9. The smallest absolute Gasteiger partial charge is 0.307 e. The van der Waals surface area contributed by atoms with Gasteiger partial charge in [0.25, 0.3) is 0 Å². The summed E-state index contributed by atoms with van der Waals surface area (Å²) in [4.78, 5) is 22.1. The summed E-state index contributed by atoms with van der Waals surface area (Å²) in [7, 11) is 0. The van der Waals surface area contributed by atoms with Crippen molar-refractivity contribution in [1.29, 1.82) is 0 Å². The summed E-state index contributed by atoms with van der Waals surface area (Å²) in [5.74, 6) is -0.284. The van der Waals surface area contributed by atoms with Crippen LogP contribution in [0.3, 0.4) is 0 Å². The molecule has 1 heterocycles. The first-order chi connectivity index (χ1) is 9.47. The number of amides is 1. The molecule has 0 aliphatic heterocycles. The number of rotatable bonds is 4. The fourth-order valence-electron chi connectivity index (χ4n) is 1.72. The second-order valence-electron chi connectivity index (χ2n) is 4.47. The highest BCUT2D eigenvalue weighted by atomic mass is 16.6. The second kappa shape index (κ2) is 5.52. The largest absolute Gasteiger partial charge is 0.324 e. The Labute approximate surface area is 115 Å². The van der Waals surface area contributed by atoms with Crippen molar-refractivity contribution in [2.75, 3.05) is 5.32 Å². The first kappa shape index (κ1) is 13.7. The van der Waals surface area contributed by atoms with Gasteiger partial charge in [0.2, 0.25) is 5.91 Å². The molecule has 1 N–H and O–H groups in total. The van der Waals surface area contributed by atoms with Crippen molar-refractivity contribution >= 4 is 17.3 Å². The van der Waals surface area contributed by atoms with Gasteiger partial charge in [0.15, 0.2) is 0 Å². The number of hydrogen-bond donors (Lipinski definition) is 1. The van der Waals surface area contributed by atoms with Gasteiger partial charge in [0.05, 0.1) is 4.92 Å². The highest BCUT2D eigenvalue weighted by molar-refractivity contribution is 5.93. The summed E-state index contributed by atoms with van der Waals surface area (Å²) in [5, 5.41) is 17.2. The van der Waals surface area contributed by atoms with E-state index in [2.05, 4.69) is 10.4 Å². The van der Waals surface area contributed by atoms with Crippen molar-refractivity contribution in [3.8, 4) is 0 Å². The minimum absolute atomic E-state index is 0.139. The third-order valence-corrected chi connectivity index (χ3v) is 2.86. The maximum Gasteiger partial charge on any atom is 0.307 e. The number of anilines is 1. The molecule has 0 aliphatic rings. The summed E-state index contributed by atoms with van der Waals surface area (Å²) in [6.45, 7) is 3.55. The van der Waals surface area contributed by atoms with Gasteiger partial charge in [-0.15, -0.1) is 0 Å². The number of carbonyl (C=O) groups is 1. The molecule has 1 aromatic carbocycles. The number of benzene rings is 1. The quantitative estimate of drug-likeness (QED) is 0.684. The number of aromatic nitrogens is 2. The lowest BCUT2D eigenvalue weighted by Gasteiger charge is -2.12. The van der Waals surface area contributed by atoms with E-state index in [-0.39, 0.29) is 11.6 Å². The van der Waals surface area contributed by atoms with E-state index >= 15 is 0 Å². The lowest BCUT2D eigenvalue weighted by molar-refractivity contribution is -0.385. The minimum Gasteiger partial charge on any atom is -0.324 e. The van der Waals surface area contributed by atoms with Crippen molar-refractivity contribution < 1.29 is 9.72 Å². The Morgan fingerprint density at radius 1 is 1.50 bits per heavy atom. The van der Waals surface area contributed by atoms with Crippen LogP contribution in [0.1, 0.15) is 18.5 Å². The first-order valence-electron chi connectivity index (χ1n) is 6.03. The lowest BCUT2D eigenvalue weighted by atomic mass is 10.2. The number of nitrogens with one attached hydrogen (secondary N) is 1. The Morgan fingerprint density at radius 2 is 2.25 bits per heavy atom. The van der Waals surface area contributed by atoms with Crippen LogP contribution in [0.5, 0.6) is 0 Å². The molecular formula is C13H14N4O3. The molecule has 1 amide bonds. The van der Waals surface area contributed by atoms with Crippen LogP contribution in [-0.4, -0.2) is 20.6 Å². The van der Waals surface area contributed by atoms with Crippen LogP contribution in [0.25, 0.3) is 0 Å². The zero-order chi connectivity index (χ0) is 14.7. The average molecular weight is 274 g/mol. The van der Waals surface area contributed by atoms with Crippen LogP contribution in [0.2, 0.25) is 0 Å². The van der Waals surface area contributed by atoms with Gasteiger partial charge in [0, 0.05) is 5.69 Å². The Kier molecular flexibility index (Phi) is 3.79. The summed E-state index contributed by atoms with van der Waals surface area (Å²) in [5.41, 5.74) is 1.58. The van der Waals surface area contributed by atoms with E-state index in [1.807, 2.05) is 25.1 Å². The van der Waals surface area contributed by atoms with Gasteiger partial charge < -0.3 is 5.32 Å². The molecule has 0 radical (unpaired) electrons. The summed E-state index contributed by atoms with van der Waals surface area (Å²) < 4.78 is 1.27. The van der Waals surface area contributed by atoms with E-state index in [0.29, 0.717) is 5.69 Å². The van der Waals surface area contributed by atoms with E-state index in [9.17, 15) is 14.9 Å². The van der Waals surface area contributed by atoms with Crippen LogP contribution in [0, 0.1) is 17.0 Å². The number of carbonyl (C=O) groups excluding carboxylic acids is 1. The number of nitrogens with zero attached hydrogens (tertiary/aromatic N) is 3.